The Bertz CT molecular complexity index is 1050. The SMILES string of the molecule is Cn1nccc1-c1c2c(nc(C3CCCC3)c1-c1nnn[nH]1)CCC(C(F)(F)F)C2. The first-order valence-corrected chi connectivity index (χ1v) is 10.3. The van der Waals surface area contributed by atoms with Crippen molar-refractivity contribution in [3.63, 3.8) is 0 Å². The summed E-state index contributed by atoms with van der Waals surface area (Å²) in [5.74, 6) is -0.683. The lowest BCUT2D eigenvalue weighted by molar-refractivity contribution is -0.177. The van der Waals surface area contributed by atoms with Crippen molar-refractivity contribution in [3.8, 4) is 22.6 Å². The smallest absolute Gasteiger partial charge is 0.268 e. The van der Waals surface area contributed by atoms with Crippen LogP contribution in [0.2, 0.25) is 0 Å². The molecule has 0 amide bonds. The topological polar surface area (TPSA) is 85.2 Å². The molecule has 0 saturated heterocycles. The van der Waals surface area contributed by atoms with Gasteiger partial charge in [-0.25, -0.2) is 5.10 Å². The summed E-state index contributed by atoms with van der Waals surface area (Å²) in [5.41, 5.74) is 4.50. The molecule has 1 unspecified atom stereocenters. The summed E-state index contributed by atoms with van der Waals surface area (Å²) >= 11 is 0. The van der Waals surface area contributed by atoms with Gasteiger partial charge in [-0.3, -0.25) is 9.67 Å². The van der Waals surface area contributed by atoms with E-state index in [2.05, 4.69) is 25.7 Å². The highest BCUT2D eigenvalue weighted by Gasteiger charge is 2.43. The number of nitrogens with one attached hydrogen (secondary N) is 1. The van der Waals surface area contributed by atoms with E-state index in [1.54, 1.807) is 17.9 Å². The quantitative estimate of drug-likeness (QED) is 0.697. The van der Waals surface area contributed by atoms with Crippen molar-refractivity contribution in [1.82, 2.24) is 35.4 Å². The highest BCUT2D eigenvalue weighted by molar-refractivity contribution is 5.84. The third-order valence-corrected chi connectivity index (χ3v) is 6.46. The second-order valence-electron chi connectivity index (χ2n) is 8.22. The van der Waals surface area contributed by atoms with E-state index in [1.807, 2.05) is 6.07 Å². The van der Waals surface area contributed by atoms with Crippen LogP contribution in [0.1, 0.15) is 55.0 Å². The van der Waals surface area contributed by atoms with Crippen molar-refractivity contribution in [1.29, 1.82) is 0 Å². The lowest BCUT2D eigenvalue weighted by Gasteiger charge is -2.30. The Balaban J connectivity index is 1.80. The third kappa shape index (κ3) is 3.18. The van der Waals surface area contributed by atoms with Gasteiger partial charge in [-0.05, 0) is 54.2 Å². The largest absolute Gasteiger partial charge is 0.392 e. The predicted molar refractivity (Wildman–Crippen MR) is 102 cm³/mol. The summed E-state index contributed by atoms with van der Waals surface area (Å²) in [7, 11) is 1.80. The molecule has 30 heavy (non-hydrogen) atoms. The van der Waals surface area contributed by atoms with E-state index in [0.717, 1.165) is 53.9 Å². The number of fused-ring (bicyclic) bond motifs is 1. The number of aryl methyl sites for hydroxylation is 2. The number of aromatic amines is 1. The van der Waals surface area contributed by atoms with Gasteiger partial charge in [-0.1, -0.05) is 12.8 Å². The summed E-state index contributed by atoms with van der Waals surface area (Å²) in [6, 6.07) is 1.83. The minimum absolute atomic E-state index is 0.0711. The van der Waals surface area contributed by atoms with E-state index in [0.29, 0.717) is 17.8 Å². The van der Waals surface area contributed by atoms with Gasteiger partial charge in [0.15, 0.2) is 5.82 Å². The van der Waals surface area contributed by atoms with E-state index in [4.69, 9.17) is 4.98 Å². The van der Waals surface area contributed by atoms with Crippen LogP contribution in [0.4, 0.5) is 13.2 Å². The van der Waals surface area contributed by atoms with Gasteiger partial charge in [0, 0.05) is 30.4 Å². The molecule has 10 heteroatoms. The van der Waals surface area contributed by atoms with Gasteiger partial charge < -0.3 is 0 Å². The Hall–Kier alpha value is -2.78. The maximum atomic E-state index is 13.6. The molecule has 0 radical (unpaired) electrons. The van der Waals surface area contributed by atoms with Gasteiger partial charge in [0.2, 0.25) is 0 Å². The number of alkyl halides is 3. The normalized spacial score (nSPS) is 19.9. The van der Waals surface area contributed by atoms with Gasteiger partial charge in [0.1, 0.15) is 0 Å². The van der Waals surface area contributed by atoms with Gasteiger partial charge >= 0.3 is 6.18 Å². The number of halogens is 3. The molecule has 5 rings (SSSR count). The summed E-state index contributed by atoms with van der Waals surface area (Å²) in [6.07, 6.45) is 1.98. The van der Waals surface area contributed by atoms with Crippen molar-refractivity contribution in [2.24, 2.45) is 13.0 Å². The summed E-state index contributed by atoms with van der Waals surface area (Å²) in [4.78, 5) is 4.96. The molecule has 3 aromatic heterocycles. The molecule has 0 spiro atoms. The molecular formula is C20H22F3N7. The Labute approximate surface area is 171 Å². The number of nitrogens with zero attached hydrogens (tertiary/aromatic N) is 6. The molecule has 0 aromatic carbocycles. The Morgan fingerprint density at radius 3 is 2.57 bits per heavy atom. The zero-order chi connectivity index (χ0) is 20.9. The zero-order valence-corrected chi connectivity index (χ0v) is 16.6. The average molecular weight is 417 g/mol. The minimum Gasteiger partial charge on any atom is -0.268 e. The van der Waals surface area contributed by atoms with Crippen molar-refractivity contribution in [2.75, 3.05) is 0 Å². The molecule has 7 nitrogen and oxygen atoms in total. The molecular weight excluding hydrogens is 395 g/mol. The molecule has 3 aromatic rings. The second-order valence-corrected chi connectivity index (χ2v) is 8.22. The van der Waals surface area contributed by atoms with Crippen LogP contribution in [0.5, 0.6) is 0 Å². The molecule has 2 aliphatic carbocycles. The van der Waals surface area contributed by atoms with Crippen molar-refractivity contribution >= 4 is 0 Å². The highest BCUT2D eigenvalue weighted by Crippen LogP contribution is 2.47. The first-order chi connectivity index (χ1) is 14.4. The highest BCUT2D eigenvalue weighted by atomic mass is 19.4. The van der Waals surface area contributed by atoms with Crippen LogP contribution in [0.25, 0.3) is 22.6 Å². The van der Waals surface area contributed by atoms with E-state index >= 15 is 0 Å². The van der Waals surface area contributed by atoms with Crippen LogP contribution in [-0.4, -0.2) is 41.6 Å². The van der Waals surface area contributed by atoms with Crippen LogP contribution < -0.4 is 0 Å². The summed E-state index contributed by atoms with van der Waals surface area (Å²) in [5, 5.41) is 18.7. The number of pyridine rings is 1. The van der Waals surface area contributed by atoms with E-state index in [9.17, 15) is 13.2 Å². The van der Waals surface area contributed by atoms with Crippen molar-refractivity contribution in [3.05, 3.63) is 29.2 Å². The van der Waals surface area contributed by atoms with Gasteiger partial charge in [0.05, 0.1) is 22.9 Å². The monoisotopic (exact) mass is 417 g/mol. The molecule has 2 aliphatic rings. The van der Waals surface area contributed by atoms with Crippen LogP contribution in [0, 0.1) is 5.92 Å². The Morgan fingerprint density at radius 1 is 1.13 bits per heavy atom. The first-order valence-electron chi connectivity index (χ1n) is 10.3. The lowest BCUT2D eigenvalue weighted by atomic mass is 9.80. The number of hydrogen-bond acceptors (Lipinski definition) is 5. The van der Waals surface area contributed by atoms with Gasteiger partial charge in [-0.15, -0.1) is 5.10 Å². The average Bonchev–Trinajstić information content (AvgIpc) is 3.48. The third-order valence-electron chi connectivity index (χ3n) is 6.46. The number of H-pyrrole nitrogens is 1. The van der Waals surface area contributed by atoms with Crippen molar-refractivity contribution < 1.29 is 13.2 Å². The van der Waals surface area contributed by atoms with Crippen LogP contribution in [-0.2, 0) is 19.9 Å². The summed E-state index contributed by atoms with van der Waals surface area (Å²) < 4.78 is 42.5. The molecule has 1 fully saturated rings. The summed E-state index contributed by atoms with van der Waals surface area (Å²) in [6.45, 7) is 0. The molecule has 1 atom stereocenters. The van der Waals surface area contributed by atoms with E-state index < -0.39 is 12.1 Å². The minimum atomic E-state index is -4.24. The van der Waals surface area contributed by atoms with Gasteiger partial charge in [0.25, 0.3) is 0 Å². The van der Waals surface area contributed by atoms with Gasteiger partial charge in [-0.2, -0.15) is 18.3 Å². The number of aromatic nitrogens is 7. The van der Waals surface area contributed by atoms with Crippen molar-refractivity contribution in [2.45, 2.75) is 57.0 Å². The Morgan fingerprint density at radius 2 is 1.93 bits per heavy atom. The maximum Gasteiger partial charge on any atom is 0.392 e. The predicted octanol–water partition coefficient (Wildman–Crippen LogP) is 3.99. The van der Waals surface area contributed by atoms with E-state index in [1.165, 1.54) is 0 Å². The fourth-order valence-electron chi connectivity index (χ4n) is 4.96. The zero-order valence-electron chi connectivity index (χ0n) is 16.6. The standard InChI is InChI=1S/C20H22F3N7/c1-30-15(8-9-24-30)16-13-10-12(20(21,22)23)6-7-14(13)25-18(11-4-2-3-5-11)17(16)19-26-28-29-27-19/h8-9,11-12H,2-7,10H2,1H3,(H,26,27,28,29). The van der Waals surface area contributed by atoms with Crippen LogP contribution in [0.3, 0.4) is 0 Å². The lowest BCUT2D eigenvalue weighted by Crippen LogP contribution is -2.30. The number of tetrazole rings is 1. The first kappa shape index (κ1) is 19.2. The molecule has 158 valence electrons. The molecule has 0 aliphatic heterocycles. The van der Waals surface area contributed by atoms with E-state index in [-0.39, 0.29) is 18.8 Å². The Kier molecular flexibility index (Phi) is 4.59. The molecule has 0 bridgehead atoms. The van der Waals surface area contributed by atoms with Crippen LogP contribution >= 0.6 is 0 Å². The second kappa shape index (κ2) is 7.17. The molecule has 3 heterocycles. The number of hydrogen-bond donors (Lipinski definition) is 1. The fourth-order valence-corrected chi connectivity index (χ4v) is 4.96. The molecule has 1 saturated carbocycles. The number of rotatable bonds is 3. The maximum absolute atomic E-state index is 13.6. The molecule has 1 N–H and O–H groups in total. The fraction of sp³-hybridized carbons (Fsp3) is 0.550. The van der Waals surface area contributed by atoms with Crippen LogP contribution in [0.15, 0.2) is 12.3 Å².